The van der Waals surface area contributed by atoms with Crippen molar-refractivity contribution in [2.24, 2.45) is 0 Å². The van der Waals surface area contributed by atoms with Crippen molar-refractivity contribution in [2.45, 2.75) is 44.7 Å². The van der Waals surface area contributed by atoms with Gasteiger partial charge < -0.3 is 4.90 Å². The van der Waals surface area contributed by atoms with Crippen LogP contribution in [0, 0.1) is 0 Å². The van der Waals surface area contributed by atoms with Crippen LogP contribution in [0.4, 0.5) is 5.69 Å². The fraction of sp³-hybridized carbons (Fsp3) is 0.625. The molecule has 3 rings (SSSR count). The second kappa shape index (κ2) is 3.99. The zero-order valence-electron chi connectivity index (χ0n) is 12.0. The lowest BCUT2D eigenvalue weighted by Crippen LogP contribution is -2.44. The molecular formula is C16H24N2. The molecule has 0 N–H and O–H groups in total. The summed E-state index contributed by atoms with van der Waals surface area (Å²) in [5.74, 6) is 0. The number of nitrogens with zero attached hydrogens (tertiary/aromatic N) is 2. The first-order valence-electron chi connectivity index (χ1n) is 7.02. The summed E-state index contributed by atoms with van der Waals surface area (Å²) in [5.41, 5.74) is 3.08. The van der Waals surface area contributed by atoms with Crippen molar-refractivity contribution in [3.05, 3.63) is 29.8 Å². The quantitative estimate of drug-likeness (QED) is 0.749. The van der Waals surface area contributed by atoms with Crippen molar-refractivity contribution in [1.29, 1.82) is 0 Å². The van der Waals surface area contributed by atoms with E-state index in [1.807, 2.05) is 0 Å². The molecule has 2 nitrogen and oxygen atoms in total. The lowest BCUT2D eigenvalue weighted by molar-refractivity contribution is 0.292. The van der Waals surface area contributed by atoms with Gasteiger partial charge in [-0.05, 0) is 36.6 Å². The molecule has 2 heteroatoms. The van der Waals surface area contributed by atoms with E-state index in [0.29, 0.717) is 0 Å². The van der Waals surface area contributed by atoms with E-state index in [1.165, 1.54) is 30.8 Å². The minimum absolute atomic E-state index is 0.253. The summed E-state index contributed by atoms with van der Waals surface area (Å²) in [6.45, 7) is 9.25. The fourth-order valence-corrected chi connectivity index (χ4v) is 3.34. The second-order valence-corrected chi connectivity index (χ2v) is 6.93. The molecule has 0 aliphatic carbocycles. The highest BCUT2D eigenvalue weighted by Crippen LogP contribution is 2.34. The number of benzene rings is 1. The van der Waals surface area contributed by atoms with Crippen molar-refractivity contribution >= 4 is 5.69 Å². The molecule has 0 aromatic heterocycles. The monoisotopic (exact) mass is 244 g/mol. The predicted octanol–water partition coefficient (Wildman–Crippen LogP) is 2.88. The van der Waals surface area contributed by atoms with Gasteiger partial charge in [-0.25, -0.2) is 0 Å². The lowest BCUT2D eigenvalue weighted by atomic mass is 9.87. The third kappa shape index (κ3) is 1.93. The van der Waals surface area contributed by atoms with Gasteiger partial charge in [-0.2, -0.15) is 0 Å². The van der Waals surface area contributed by atoms with Gasteiger partial charge in [0, 0.05) is 30.9 Å². The highest BCUT2D eigenvalue weighted by atomic mass is 15.3. The number of hydrogen-bond acceptors (Lipinski definition) is 2. The van der Waals surface area contributed by atoms with Crippen LogP contribution < -0.4 is 4.90 Å². The molecule has 0 saturated carbocycles. The van der Waals surface area contributed by atoms with E-state index in [4.69, 9.17) is 0 Å². The number of piperazine rings is 1. The molecule has 18 heavy (non-hydrogen) atoms. The predicted molar refractivity (Wildman–Crippen MR) is 77.3 cm³/mol. The maximum Gasteiger partial charge on any atom is 0.0433 e. The first kappa shape index (κ1) is 12.0. The molecule has 2 atom stereocenters. The number of anilines is 1. The zero-order valence-corrected chi connectivity index (χ0v) is 12.0. The van der Waals surface area contributed by atoms with Gasteiger partial charge in [0.15, 0.2) is 0 Å². The SMILES string of the molecule is CN1C[C@H]2C[C@@H]1CN2c1ccc(C(C)(C)C)cc1. The van der Waals surface area contributed by atoms with Crippen LogP contribution in [0.15, 0.2) is 24.3 Å². The topological polar surface area (TPSA) is 6.48 Å². The van der Waals surface area contributed by atoms with Gasteiger partial charge in [0.25, 0.3) is 0 Å². The second-order valence-electron chi connectivity index (χ2n) is 6.93. The molecule has 2 saturated heterocycles. The maximum atomic E-state index is 2.59. The van der Waals surface area contributed by atoms with Gasteiger partial charge in [-0.3, -0.25) is 4.90 Å². The first-order chi connectivity index (χ1) is 8.45. The Kier molecular flexibility index (Phi) is 2.67. The molecule has 0 unspecified atom stereocenters. The molecule has 2 aliphatic rings. The van der Waals surface area contributed by atoms with Gasteiger partial charge in [0.2, 0.25) is 0 Å². The van der Waals surface area contributed by atoms with Crippen molar-refractivity contribution in [3.63, 3.8) is 0 Å². The molecule has 0 amide bonds. The van der Waals surface area contributed by atoms with Crippen LogP contribution in [0.3, 0.4) is 0 Å². The van der Waals surface area contributed by atoms with Crippen molar-refractivity contribution < 1.29 is 0 Å². The average Bonchev–Trinajstić information content (AvgIpc) is 2.86. The van der Waals surface area contributed by atoms with E-state index in [9.17, 15) is 0 Å². The van der Waals surface area contributed by atoms with Crippen LogP contribution in [-0.4, -0.2) is 37.1 Å². The Morgan fingerprint density at radius 3 is 2.11 bits per heavy atom. The zero-order chi connectivity index (χ0) is 12.9. The van der Waals surface area contributed by atoms with E-state index in [1.54, 1.807) is 0 Å². The Hall–Kier alpha value is -1.02. The number of rotatable bonds is 1. The number of hydrogen-bond donors (Lipinski definition) is 0. The van der Waals surface area contributed by atoms with Crippen LogP contribution in [0.2, 0.25) is 0 Å². The standard InChI is InChI=1S/C16H24N2/c1-16(2,3)12-5-7-13(8-6-12)18-11-14-9-15(18)10-17(14)4/h5-8,14-15H,9-11H2,1-4H3/t14-,15-/m1/s1. The highest BCUT2D eigenvalue weighted by Gasteiger charge is 2.41. The summed E-state index contributed by atoms with van der Waals surface area (Å²) < 4.78 is 0. The maximum absolute atomic E-state index is 2.59. The third-order valence-corrected chi connectivity index (χ3v) is 4.58. The Bertz CT molecular complexity index is 427. The van der Waals surface area contributed by atoms with E-state index < -0.39 is 0 Å². The average molecular weight is 244 g/mol. The largest absolute Gasteiger partial charge is 0.366 e. The molecule has 0 radical (unpaired) electrons. The van der Waals surface area contributed by atoms with Crippen LogP contribution in [0.1, 0.15) is 32.8 Å². The molecular weight excluding hydrogens is 220 g/mol. The third-order valence-electron chi connectivity index (χ3n) is 4.58. The summed E-state index contributed by atoms with van der Waals surface area (Å²) in [4.78, 5) is 5.10. The highest BCUT2D eigenvalue weighted by molar-refractivity contribution is 5.51. The molecule has 2 heterocycles. The lowest BCUT2D eigenvalue weighted by Gasteiger charge is -2.34. The van der Waals surface area contributed by atoms with Crippen LogP contribution >= 0.6 is 0 Å². The molecule has 2 fully saturated rings. The van der Waals surface area contributed by atoms with Crippen molar-refractivity contribution in [1.82, 2.24) is 4.90 Å². The molecule has 2 aliphatic heterocycles. The summed E-state index contributed by atoms with van der Waals surface area (Å²) in [6.07, 6.45) is 1.34. The number of likely N-dealkylation sites (tertiary alicyclic amines) is 1. The molecule has 98 valence electrons. The Morgan fingerprint density at radius 2 is 1.67 bits per heavy atom. The molecule has 0 spiro atoms. The van der Waals surface area contributed by atoms with E-state index in [0.717, 1.165) is 12.1 Å². The minimum atomic E-state index is 0.253. The Morgan fingerprint density at radius 1 is 1.00 bits per heavy atom. The Labute approximate surface area is 111 Å². The number of fused-ring (bicyclic) bond motifs is 2. The minimum Gasteiger partial charge on any atom is -0.366 e. The van der Waals surface area contributed by atoms with Gasteiger partial charge in [0.1, 0.15) is 0 Å². The molecule has 1 aromatic carbocycles. The van der Waals surface area contributed by atoms with Gasteiger partial charge in [-0.15, -0.1) is 0 Å². The van der Waals surface area contributed by atoms with Crippen molar-refractivity contribution in [3.8, 4) is 0 Å². The van der Waals surface area contributed by atoms with Gasteiger partial charge in [-0.1, -0.05) is 32.9 Å². The fourth-order valence-electron chi connectivity index (χ4n) is 3.34. The molecule has 2 bridgehead atoms. The summed E-state index contributed by atoms with van der Waals surface area (Å²) in [7, 11) is 2.25. The van der Waals surface area contributed by atoms with E-state index in [2.05, 4.69) is 61.9 Å². The van der Waals surface area contributed by atoms with Crippen LogP contribution in [0.5, 0.6) is 0 Å². The van der Waals surface area contributed by atoms with Crippen LogP contribution in [0.25, 0.3) is 0 Å². The van der Waals surface area contributed by atoms with Crippen molar-refractivity contribution in [2.75, 3.05) is 25.0 Å². The van der Waals surface area contributed by atoms with Crippen LogP contribution in [-0.2, 0) is 5.41 Å². The van der Waals surface area contributed by atoms with E-state index >= 15 is 0 Å². The van der Waals surface area contributed by atoms with E-state index in [-0.39, 0.29) is 5.41 Å². The summed E-state index contributed by atoms with van der Waals surface area (Å²) in [5, 5.41) is 0. The first-order valence-corrected chi connectivity index (χ1v) is 7.02. The Balaban J connectivity index is 1.79. The summed E-state index contributed by atoms with van der Waals surface area (Å²) in [6, 6.07) is 10.7. The van der Waals surface area contributed by atoms with Gasteiger partial charge >= 0.3 is 0 Å². The number of likely N-dealkylation sites (N-methyl/N-ethyl adjacent to an activating group) is 1. The summed E-state index contributed by atoms with van der Waals surface area (Å²) >= 11 is 0. The normalized spacial score (nSPS) is 28.1. The smallest absolute Gasteiger partial charge is 0.0433 e. The molecule has 1 aromatic rings. The van der Waals surface area contributed by atoms with Gasteiger partial charge in [0.05, 0.1) is 0 Å².